The van der Waals surface area contributed by atoms with Crippen molar-refractivity contribution in [3.05, 3.63) is 70.4 Å². The predicted molar refractivity (Wildman–Crippen MR) is 112 cm³/mol. The number of hydrogen-bond acceptors (Lipinski definition) is 5. The van der Waals surface area contributed by atoms with Gasteiger partial charge in [0.15, 0.2) is 0 Å². The number of nitrogens with one attached hydrogen (secondary N) is 1. The first kappa shape index (κ1) is 20.6. The number of rotatable bonds is 7. The number of unbranched alkanes of at least 4 members (excludes halogenated alkanes) is 1. The minimum Gasteiger partial charge on any atom is -0.462 e. The summed E-state index contributed by atoms with van der Waals surface area (Å²) in [7, 11) is 0. The van der Waals surface area contributed by atoms with E-state index in [-0.39, 0.29) is 22.0 Å². The highest BCUT2D eigenvalue weighted by Crippen LogP contribution is 2.31. The number of halogens is 1. The molecule has 0 fully saturated rings. The van der Waals surface area contributed by atoms with Gasteiger partial charge < -0.3 is 10.1 Å². The summed E-state index contributed by atoms with van der Waals surface area (Å²) in [5.74, 6) is -1.74. The number of benzene rings is 2. The van der Waals surface area contributed by atoms with E-state index in [1.54, 1.807) is 24.3 Å². The van der Waals surface area contributed by atoms with Crippen LogP contribution in [0.3, 0.4) is 0 Å². The fourth-order valence-electron chi connectivity index (χ4n) is 2.86. The summed E-state index contributed by atoms with van der Waals surface area (Å²) in [5, 5.41) is 2.75. The van der Waals surface area contributed by atoms with Crippen LogP contribution in [0, 0.1) is 6.92 Å². The number of aryl methyl sites for hydroxylation is 1. The van der Waals surface area contributed by atoms with Gasteiger partial charge in [-0.2, -0.15) is 0 Å². The quantitative estimate of drug-likeness (QED) is 0.414. The molecule has 150 valence electrons. The van der Waals surface area contributed by atoms with Crippen molar-refractivity contribution < 1.29 is 19.1 Å². The first-order valence-corrected chi connectivity index (χ1v) is 9.70. The molecule has 0 aromatic heterocycles. The molecular weight excluding hydrogens is 392 g/mol. The van der Waals surface area contributed by atoms with Gasteiger partial charge in [0, 0.05) is 5.69 Å². The minimum absolute atomic E-state index is 0.00175. The lowest BCUT2D eigenvalue weighted by Gasteiger charge is -2.16. The summed E-state index contributed by atoms with van der Waals surface area (Å²) >= 11 is 6.17. The van der Waals surface area contributed by atoms with Crippen LogP contribution in [0.15, 0.2) is 59.3 Å². The van der Waals surface area contributed by atoms with Crippen molar-refractivity contribution in [1.82, 2.24) is 0 Å². The van der Waals surface area contributed by atoms with Crippen LogP contribution < -0.4 is 10.2 Å². The normalized spacial score (nSPS) is 13.8. The van der Waals surface area contributed by atoms with Crippen molar-refractivity contribution in [3.63, 3.8) is 0 Å². The zero-order chi connectivity index (χ0) is 21.0. The van der Waals surface area contributed by atoms with Crippen molar-refractivity contribution in [3.8, 4) is 0 Å². The Balaban J connectivity index is 1.83. The van der Waals surface area contributed by atoms with Gasteiger partial charge in [0.1, 0.15) is 10.7 Å². The molecule has 0 saturated carbocycles. The molecule has 7 heteroatoms. The Labute approximate surface area is 174 Å². The second-order valence-corrected chi connectivity index (χ2v) is 6.99. The Morgan fingerprint density at radius 1 is 1.10 bits per heavy atom. The van der Waals surface area contributed by atoms with E-state index in [1.807, 2.05) is 32.0 Å². The summed E-state index contributed by atoms with van der Waals surface area (Å²) in [6, 6.07) is 13.5. The summed E-state index contributed by atoms with van der Waals surface area (Å²) in [6.45, 7) is 4.20. The summed E-state index contributed by atoms with van der Waals surface area (Å²) < 4.78 is 5.20. The van der Waals surface area contributed by atoms with Crippen LogP contribution >= 0.6 is 11.6 Å². The van der Waals surface area contributed by atoms with E-state index in [9.17, 15) is 14.4 Å². The van der Waals surface area contributed by atoms with Crippen molar-refractivity contribution in [2.75, 3.05) is 16.8 Å². The Morgan fingerprint density at radius 3 is 2.59 bits per heavy atom. The average molecular weight is 413 g/mol. The highest BCUT2D eigenvalue weighted by molar-refractivity contribution is 6.53. The molecule has 1 aliphatic rings. The number of carbonyl (C=O) groups is 3. The third-order valence-corrected chi connectivity index (χ3v) is 4.85. The fraction of sp³-hybridized carbons (Fsp3) is 0.227. The van der Waals surface area contributed by atoms with Crippen LogP contribution in [0.5, 0.6) is 0 Å². The highest BCUT2D eigenvalue weighted by Gasteiger charge is 2.39. The summed E-state index contributed by atoms with van der Waals surface area (Å²) in [4.78, 5) is 38.7. The molecule has 1 N–H and O–H groups in total. The van der Waals surface area contributed by atoms with E-state index in [0.29, 0.717) is 12.3 Å². The van der Waals surface area contributed by atoms with Gasteiger partial charge in [-0.1, -0.05) is 49.2 Å². The number of para-hydroxylation sites is 1. The molecule has 0 radical (unpaired) electrons. The van der Waals surface area contributed by atoms with Crippen LogP contribution in [-0.4, -0.2) is 24.4 Å². The van der Waals surface area contributed by atoms with Gasteiger partial charge in [0.05, 0.1) is 17.9 Å². The van der Waals surface area contributed by atoms with Gasteiger partial charge in [-0.25, -0.2) is 9.69 Å². The van der Waals surface area contributed by atoms with E-state index in [4.69, 9.17) is 16.3 Å². The largest absolute Gasteiger partial charge is 0.462 e. The molecule has 0 aliphatic carbocycles. The second-order valence-electron chi connectivity index (χ2n) is 6.61. The lowest BCUT2D eigenvalue weighted by Crippen LogP contribution is -2.32. The second kappa shape index (κ2) is 8.92. The van der Waals surface area contributed by atoms with Crippen molar-refractivity contribution in [2.45, 2.75) is 26.7 Å². The maximum atomic E-state index is 12.9. The number of anilines is 2. The number of nitrogens with zero attached hydrogens (tertiary/aromatic N) is 1. The molecule has 1 aliphatic heterocycles. The Hall–Kier alpha value is -3.12. The van der Waals surface area contributed by atoms with Gasteiger partial charge in [0.25, 0.3) is 11.8 Å². The van der Waals surface area contributed by atoms with Gasteiger partial charge >= 0.3 is 5.97 Å². The van der Waals surface area contributed by atoms with Crippen LogP contribution in [0.2, 0.25) is 0 Å². The molecule has 2 amide bonds. The smallest absolute Gasteiger partial charge is 0.338 e. The van der Waals surface area contributed by atoms with E-state index in [0.717, 1.165) is 23.3 Å². The number of imide groups is 1. The Bertz CT molecular complexity index is 1000. The SMILES string of the molecule is CCCCOC(=O)c1cccc(N2C(=O)C(Cl)=C(Nc3ccccc3C)C2=O)c1. The molecular formula is C22H21ClN2O4. The lowest BCUT2D eigenvalue weighted by atomic mass is 10.2. The maximum absolute atomic E-state index is 12.9. The standard InChI is InChI=1S/C22H21ClN2O4/c1-3-4-12-29-22(28)15-9-7-10-16(13-15)25-20(26)18(23)19(21(25)27)24-17-11-6-5-8-14(17)2/h5-11,13,24H,3-4,12H2,1-2H3. The molecule has 0 atom stereocenters. The summed E-state index contributed by atoms with van der Waals surface area (Å²) in [6.07, 6.45) is 1.67. The zero-order valence-electron chi connectivity index (χ0n) is 16.2. The molecule has 6 nitrogen and oxygen atoms in total. The predicted octanol–water partition coefficient (Wildman–Crippen LogP) is 4.39. The third kappa shape index (κ3) is 4.32. The van der Waals surface area contributed by atoms with Crippen LogP contribution in [0.25, 0.3) is 0 Å². The molecule has 2 aromatic carbocycles. The summed E-state index contributed by atoms with van der Waals surface area (Å²) in [5.41, 5.74) is 2.10. The molecule has 1 heterocycles. The van der Waals surface area contributed by atoms with E-state index >= 15 is 0 Å². The molecule has 3 rings (SSSR count). The first-order chi connectivity index (χ1) is 13.9. The number of carbonyl (C=O) groups excluding carboxylic acids is 3. The van der Waals surface area contributed by atoms with Gasteiger partial charge in [-0.05, 0) is 43.2 Å². The number of hydrogen-bond donors (Lipinski definition) is 1. The zero-order valence-corrected chi connectivity index (χ0v) is 17.0. The Kier molecular flexibility index (Phi) is 6.34. The van der Waals surface area contributed by atoms with Crippen molar-refractivity contribution in [2.24, 2.45) is 0 Å². The minimum atomic E-state index is -0.649. The average Bonchev–Trinajstić information content (AvgIpc) is 2.93. The highest BCUT2D eigenvalue weighted by atomic mass is 35.5. The molecule has 0 bridgehead atoms. The molecule has 2 aromatic rings. The van der Waals surface area contributed by atoms with Gasteiger partial charge in [-0.15, -0.1) is 0 Å². The third-order valence-electron chi connectivity index (χ3n) is 4.50. The molecule has 29 heavy (non-hydrogen) atoms. The topological polar surface area (TPSA) is 75.7 Å². The first-order valence-electron chi connectivity index (χ1n) is 9.32. The van der Waals surface area contributed by atoms with Crippen molar-refractivity contribution in [1.29, 1.82) is 0 Å². The van der Waals surface area contributed by atoms with Gasteiger partial charge in [-0.3, -0.25) is 9.59 Å². The lowest BCUT2D eigenvalue weighted by molar-refractivity contribution is -0.120. The van der Waals surface area contributed by atoms with E-state index in [1.165, 1.54) is 6.07 Å². The van der Waals surface area contributed by atoms with Crippen molar-refractivity contribution >= 4 is 40.8 Å². The molecule has 0 unspecified atom stereocenters. The maximum Gasteiger partial charge on any atom is 0.338 e. The molecule has 0 saturated heterocycles. The van der Waals surface area contributed by atoms with E-state index in [2.05, 4.69) is 5.32 Å². The number of ether oxygens (including phenoxy) is 1. The number of amides is 2. The monoisotopic (exact) mass is 412 g/mol. The fourth-order valence-corrected chi connectivity index (χ4v) is 3.07. The van der Waals surface area contributed by atoms with Gasteiger partial charge in [0.2, 0.25) is 0 Å². The van der Waals surface area contributed by atoms with Crippen LogP contribution in [0.1, 0.15) is 35.7 Å². The molecule has 0 spiro atoms. The van der Waals surface area contributed by atoms with E-state index < -0.39 is 17.8 Å². The van der Waals surface area contributed by atoms with Crippen LogP contribution in [0.4, 0.5) is 11.4 Å². The number of esters is 1. The van der Waals surface area contributed by atoms with Crippen LogP contribution in [-0.2, 0) is 14.3 Å². The Morgan fingerprint density at radius 2 is 1.86 bits per heavy atom.